The van der Waals surface area contributed by atoms with E-state index in [0.29, 0.717) is 12.7 Å². The number of nitrogens with one attached hydrogen (secondary N) is 2. The van der Waals surface area contributed by atoms with E-state index in [0.717, 1.165) is 0 Å². The minimum absolute atomic E-state index is 0.385. The monoisotopic (exact) mass is 476 g/mol. The van der Waals surface area contributed by atoms with Crippen LogP contribution in [0.2, 0.25) is 0 Å². The first kappa shape index (κ1) is 27.7. The lowest BCUT2D eigenvalue weighted by Gasteiger charge is -2.33. The molecule has 0 aliphatic heterocycles. The molecule has 0 bridgehead atoms. The lowest BCUT2D eigenvalue weighted by Crippen LogP contribution is -2.66. The first-order chi connectivity index (χ1) is 15.1. The highest BCUT2D eigenvalue weighted by atomic mass is 19.4. The first-order valence-corrected chi connectivity index (χ1v) is 9.77. The number of hydrogen-bond donors (Lipinski definition) is 2. The van der Waals surface area contributed by atoms with E-state index in [1.165, 1.54) is 12.2 Å². The molecule has 0 aliphatic rings. The fraction of sp³-hybridized carbons (Fsp3) is 0.524. The fourth-order valence-electron chi connectivity index (χ4n) is 2.54. The van der Waals surface area contributed by atoms with Crippen molar-refractivity contribution in [3.05, 3.63) is 35.9 Å². The molecule has 0 fully saturated rings. The van der Waals surface area contributed by atoms with E-state index in [9.17, 15) is 32.3 Å². The van der Waals surface area contributed by atoms with Gasteiger partial charge in [-0.05, 0) is 33.3 Å². The van der Waals surface area contributed by atoms with Crippen molar-refractivity contribution in [2.45, 2.75) is 64.1 Å². The molecule has 0 aromatic heterocycles. The van der Waals surface area contributed by atoms with Gasteiger partial charge in [0.05, 0.1) is 13.5 Å². The molecule has 0 aliphatic carbocycles. The number of carbonyl (C=O) groups is 4. The molecule has 12 heteroatoms. The Labute approximate surface area is 188 Å². The molecular weight excluding hydrogens is 449 g/mol. The number of esters is 2. The van der Waals surface area contributed by atoms with Gasteiger partial charge in [-0.25, -0.2) is 14.4 Å². The highest BCUT2D eigenvalue weighted by Crippen LogP contribution is 2.35. The zero-order valence-corrected chi connectivity index (χ0v) is 18.9. The third kappa shape index (κ3) is 8.28. The average molecular weight is 476 g/mol. The van der Waals surface area contributed by atoms with Crippen molar-refractivity contribution in [1.82, 2.24) is 10.6 Å². The third-order valence-electron chi connectivity index (χ3n) is 4.11. The van der Waals surface area contributed by atoms with Gasteiger partial charge in [0.1, 0.15) is 18.2 Å². The molecular formula is C21H27F3N2O7. The number of alkyl halides is 3. The predicted octanol–water partition coefficient (Wildman–Crippen LogP) is 2.62. The van der Waals surface area contributed by atoms with E-state index in [1.54, 1.807) is 51.1 Å². The molecule has 0 saturated heterocycles. The topological polar surface area (TPSA) is 120 Å². The summed E-state index contributed by atoms with van der Waals surface area (Å²) in [5, 5.41) is 3.45. The molecule has 1 rings (SSSR count). The van der Waals surface area contributed by atoms with Gasteiger partial charge in [-0.2, -0.15) is 13.2 Å². The maximum atomic E-state index is 14.0. The quantitative estimate of drug-likeness (QED) is 0.437. The maximum absolute atomic E-state index is 14.0. The van der Waals surface area contributed by atoms with Gasteiger partial charge in [0.2, 0.25) is 11.4 Å². The van der Waals surface area contributed by atoms with Gasteiger partial charge >= 0.3 is 24.2 Å². The summed E-state index contributed by atoms with van der Waals surface area (Å²) in [6.45, 7) is 5.51. The number of amides is 2. The lowest BCUT2D eigenvalue weighted by atomic mass is 9.93. The van der Waals surface area contributed by atoms with Crippen molar-refractivity contribution in [2.75, 3.05) is 7.11 Å². The Morgan fingerprint density at radius 3 is 2.09 bits per heavy atom. The summed E-state index contributed by atoms with van der Waals surface area (Å²) in [5.41, 5.74) is -4.18. The molecule has 33 heavy (non-hydrogen) atoms. The second kappa shape index (κ2) is 11.0. The van der Waals surface area contributed by atoms with Gasteiger partial charge in [0.15, 0.2) is 0 Å². The van der Waals surface area contributed by atoms with Crippen molar-refractivity contribution in [2.24, 2.45) is 0 Å². The normalized spacial score (nSPS) is 14.3. The third-order valence-corrected chi connectivity index (χ3v) is 4.11. The largest absolute Gasteiger partial charge is 0.467 e. The second-order valence-electron chi connectivity index (χ2n) is 8.08. The van der Waals surface area contributed by atoms with Crippen molar-refractivity contribution in [3.63, 3.8) is 0 Å². The number of rotatable bonds is 8. The number of methoxy groups -OCH3 is 1. The van der Waals surface area contributed by atoms with Crippen LogP contribution < -0.4 is 10.6 Å². The summed E-state index contributed by atoms with van der Waals surface area (Å²) in [7, 11) is 0.668. The van der Waals surface area contributed by atoms with Gasteiger partial charge in [0.25, 0.3) is 0 Å². The minimum Gasteiger partial charge on any atom is -0.467 e. The Morgan fingerprint density at radius 2 is 1.61 bits per heavy atom. The van der Waals surface area contributed by atoms with Crippen LogP contribution in [0, 0.1) is 0 Å². The molecule has 1 aromatic carbocycles. The Bertz CT molecular complexity index is 854. The van der Waals surface area contributed by atoms with Gasteiger partial charge in [0, 0.05) is 0 Å². The maximum Gasteiger partial charge on any atom is 0.423 e. The molecule has 0 radical (unpaired) electrons. The molecule has 0 spiro atoms. The Morgan fingerprint density at radius 1 is 1.03 bits per heavy atom. The summed E-state index contributed by atoms with van der Waals surface area (Å²) in [5.74, 6) is -4.20. The van der Waals surface area contributed by atoms with Crippen LogP contribution in [0.5, 0.6) is 0 Å². The summed E-state index contributed by atoms with van der Waals surface area (Å²) in [4.78, 5) is 48.6. The SMILES string of the molecule is COC(=O)C(CC(=O)N[C@@H](C)C(=O)OC(C)(C)C)(NC(=O)OCc1ccccc1)C(F)(F)F. The fourth-order valence-corrected chi connectivity index (χ4v) is 2.54. The van der Waals surface area contributed by atoms with Crippen molar-refractivity contribution in [1.29, 1.82) is 0 Å². The zero-order chi connectivity index (χ0) is 25.4. The van der Waals surface area contributed by atoms with Crippen LogP contribution in [-0.2, 0) is 35.2 Å². The summed E-state index contributed by atoms with van der Waals surface area (Å²) in [6.07, 6.45) is -8.65. The van der Waals surface area contributed by atoms with Crippen LogP contribution in [0.25, 0.3) is 0 Å². The lowest BCUT2D eigenvalue weighted by molar-refractivity contribution is -0.212. The van der Waals surface area contributed by atoms with E-state index in [1.807, 2.05) is 5.32 Å². The van der Waals surface area contributed by atoms with Crippen molar-refractivity contribution >= 4 is 23.9 Å². The number of hydrogen-bond acceptors (Lipinski definition) is 7. The number of carbonyl (C=O) groups excluding carboxylic acids is 4. The Kier molecular flexibility index (Phi) is 9.25. The van der Waals surface area contributed by atoms with E-state index < -0.39 is 53.7 Å². The highest BCUT2D eigenvalue weighted by Gasteiger charge is 2.64. The summed E-state index contributed by atoms with van der Waals surface area (Å²) < 4.78 is 56.0. The molecule has 184 valence electrons. The number of ether oxygens (including phenoxy) is 3. The van der Waals surface area contributed by atoms with Crippen LogP contribution >= 0.6 is 0 Å². The zero-order valence-electron chi connectivity index (χ0n) is 18.9. The molecule has 2 amide bonds. The van der Waals surface area contributed by atoms with E-state index in [-0.39, 0.29) is 6.61 Å². The molecule has 9 nitrogen and oxygen atoms in total. The summed E-state index contributed by atoms with van der Waals surface area (Å²) in [6, 6.07) is 6.74. The molecule has 0 saturated carbocycles. The molecule has 2 N–H and O–H groups in total. The number of alkyl carbamates (subject to hydrolysis) is 1. The standard InChI is InChI=1S/C21H27F3N2O7/c1-13(16(28)33-19(2,3)4)25-15(27)11-20(17(29)31-5,21(22,23)24)26-18(30)32-12-14-9-7-6-8-10-14/h6-10,13H,11-12H2,1-5H3,(H,25,27)(H,26,30)/t13-,20?/m0/s1. The van der Waals surface area contributed by atoms with Crippen LogP contribution in [0.4, 0.5) is 18.0 Å². The molecule has 2 atom stereocenters. The second-order valence-corrected chi connectivity index (χ2v) is 8.08. The van der Waals surface area contributed by atoms with Crippen LogP contribution in [0.3, 0.4) is 0 Å². The van der Waals surface area contributed by atoms with Crippen LogP contribution in [-0.4, -0.2) is 54.4 Å². The smallest absolute Gasteiger partial charge is 0.423 e. The van der Waals surface area contributed by atoms with E-state index in [4.69, 9.17) is 9.47 Å². The van der Waals surface area contributed by atoms with Crippen molar-refractivity contribution < 1.29 is 46.6 Å². The number of halogens is 3. The van der Waals surface area contributed by atoms with Crippen molar-refractivity contribution in [3.8, 4) is 0 Å². The van der Waals surface area contributed by atoms with E-state index in [2.05, 4.69) is 4.74 Å². The van der Waals surface area contributed by atoms with Crippen LogP contribution in [0.15, 0.2) is 30.3 Å². The molecule has 0 heterocycles. The minimum atomic E-state index is -5.45. The highest BCUT2D eigenvalue weighted by molar-refractivity contribution is 5.94. The molecule has 1 aromatic rings. The van der Waals surface area contributed by atoms with Gasteiger partial charge in [-0.3, -0.25) is 10.1 Å². The van der Waals surface area contributed by atoms with Crippen LogP contribution in [0.1, 0.15) is 39.7 Å². The first-order valence-electron chi connectivity index (χ1n) is 9.77. The average Bonchev–Trinajstić information content (AvgIpc) is 2.69. The Hall–Kier alpha value is -3.31. The van der Waals surface area contributed by atoms with Gasteiger partial charge in [-0.1, -0.05) is 30.3 Å². The summed E-state index contributed by atoms with van der Waals surface area (Å²) >= 11 is 0. The van der Waals surface area contributed by atoms with Gasteiger partial charge in [-0.15, -0.1) is 0 Å². The number of benzene rings is 1. The van der Waals surface area contributed by atoms with Gasteiger partial charge < -0.3 is 19.5 Å². The Balaban J connectivity index is 3.03. The van der Waals surface area contributed by atoms with E-state index >= 15 is 0 Å². The molecule has 1 unspecified atom stereocenters. The predicted molar refractivity (Wildman–Crippen MR) is 109 cm³/mol.